The molecule has 1 fully saturated rings. The van der Waals surface area contributed by atoms with Crippen molar-refractivity contribution in [1.29, 1.82) is 0 Å². The lowest BCUT2D eigenvalue weighted by atomic mass is 9.96. The van der Waals surface area contributed by atoms with Gasteiger partial charge in [0.05, 0.1) is 10.7 Å². The first-order valence-corrected chi connectivity index (χ1v) is 9.50. The van der Waals surface area contributed by atoms with Crippen molar-refractivity contribution in [2.75, 3.05) is 10.6 Å². The number of carbonyl (C=O) groups excluding carboxylic acids is 1. The van der Waals surface area contributed by atoms with Crippen molar-refractivity contribution in [2.45, 2.75) is 58.9 Å². The van der Waals surface area contributed by atoms with Gasteiger partial charge in [-0.05, 0) is 56.9 Å². The van der Waals surface area contributed by atoms with E-state index < -0.39 is 0 Å². The summed E-state index contributed by atoms with van der Waals surface area (Å²) in [5.74, 6) is 0.241. The normalized spacial score (nSPS) is 14.9. The van der Waals surface area contributed by atoms with Gasteiger partial charge in [-0.2, -0.15) is 0 Å². The largest absolute Gasteiger partial charge is 0.351 e. The van der Waals surface area contributed by atoms with Gasteiger partial charge in [-0.3, -0.25) is 4.79 Å². The van der Waals surface area contributed by atoms with E-state index in [0.29, 0.717) is 28.4 Å². The number of carbonyl (C=O) groups is 1. The quantitative estimate of drug-likeness (QED) is 0.787. The van der Waals surface area contributed by atoms with Gasteiger partial charge in [-0.25, -0.2) is 9.97 Å². The van der Waals surface area contributed by atoms with Gasteiger partial charge in [0.15, 0.2) is 0 Å². The summed E-state index contributed by atoms with van der Waals surface area (Å²) in [6.07, 6.45) is 5.98. The van der Waals surface area contributed by atoms with Crippen LogP contribution >= 0.6 is 11.6 Å². The molecular weight excluding hydrogens is 348 g/mol. The van der Waals surface area contributed by atoms with E-state index in [1.165, 1.54) is 19.3 Å². The molecule has 3 rings (SSSR count). The highest BCUT2D eigenvalue weighted by Gasteiger charge is 2.17. The third-order valence-electron chi connectivity index (χ3n) is 4.70. The molecule has 2 aromatic rings. The van der Waals surface area contributed by atoms with Gasteiger partial charge in [-0.1, -0.05) is 36.9 Å². The van der Waals surface area contributed by atoms with Crippen molar-refractivity contribution in [3.05, 3.63) is 45.7 Å². The molecule has 138 valence electrons. The number of hydrogen-bond acceptors (Lipinski definition) is 4. The van der Waals surface area contributed by atoms with E-state index in [4.69, 9.17) is 11.6 Å². The van der Waals surface area contributed by atoms with Crippen LogP contribution in [0.2, 0.25) is 5.02 Å². The molecule has 6 heteroatoms. The Balaban J connectivity index is 1.79. The minimum Gasteiger partial charge on any atom is -0.351 e. The van der Waals surface area contributed by atoms with Crippen LogP contribution in [0.15, 0.2) is 18.2 Å². The molecule has 26 heavy (non-hydrogen) atoms. The fourth-order valence-corrected chi connectivity index (χ4v) is 3.80. The lowest BCUT2D eigenvalue weighted by Gasteiger charge is -2.23. The Bertz CT molecular complexity index is 792. The van der Waals surface area contributed by atoms with Crippen molar-refractivity contribution in [1.82, 2.24) is 9.97 Å². The van der Waals surface area contributed by atoms with Gasteiger partial charge in [0, 0.05) is 11.7 Å². The van der Waals surface area contributed by atoms with E-state index in [-0.39, 0.29) is 5.91 Å². The van der Waals surface area contributed by atoms with Crippen LogP contribution in [-0.2, 0) is 0 Å². The molecule has 2 N–H and O–H groups in total. The van der Waals surface area contributed by atoms with Gasteiger partial charge in [0.25, 0.3) is 5.91 Å². The first-order chi connectivity index (χ1) is 12.4. The Morgan fingerprint density at radius 1 is 1.08 bits per heavy atom. The number of aryl methyl sites for hydroxylation is 3. The number of halogens is 1. The summed E-state index contributed by atoms with van der Waals surface area (Å²) in [5.41, 5.74) is 3.71. The van der Waals surface area contributed by atoms with Crippen LogP contribution in [0.5, 0.6) is 0 Å². The van der Waals surface area contributed by atoms with Crippen LogP contribution in [-0.4, -0.2) is 21.9 Å². The predicted octanol–water partition coefficient (Wildman–Crippen LogP) is 5.05. The SMILES string of the molecule is Cc1cc(C)c(NC(=O)c2cc(C)nc(NC3CCCCC3)n2)c(Cl)c1. The Kier molecular flexibility index (Phi) is 5.77. The Labute approximate surface area is 159 Å². The first kappa shape index (κ1) is 18.6. The maximum absolute atomic E-state index is 12.7. The number of nitrogens with one attached hydrogen (secondary N) is 2. The second-order valence-corrected chi connectivity index (χ2v) is 7.50. The molecule has 1 aromatic heterocycles. The minimum absolute atomic E-state index is 0.281. The molecule has 1 aliphatic rings. The Morgan fingerprint density at radius 3 is 2.50 bits per heavy atom. The summed E-state index contributed by atoms with van der Waals surface area (Å²) in [6.45, 7) is 5.77. The van der Waals surface area contributed by atoms with Crippen molar-refractivity contribution in [2.24, 2.45) is 0 Å². The minimum atomic E-state index is -0.281. The predicted molar refractivity (Wildman–Crippen MR) is 106 cm³/mol. The van der Waals surface area contributed by atoms with Gasteiger partial charge in [0.1, 0.15) is 5.69 Å². The van der Waals surface area contributed by atoms with Crippen LogP contribution in [0, 0.1) is 20.8 Å². The first-order valence-electron chi connectivity index (χ1n) is 9.12. The summed E-state index contributed by atoms with van der Waals surface area (Å²) in [5, 5.41) is 6.80. The Morgan fingerprint density at radius 2 is 1.81 bits per heavy atom. The monoisotopic (exact) mass is 372 g/mol. The van der Waals surface area contributed by atoms with E-state index in [1.54, 1.807) is 6.07 Å². The van der Waals surface area contributed by atoms with Gasteiger partial charge >= 0.3 is 0 Å². The smallest absolute Gasteiger partial charge is 0.274 e. The maximum atomic E-state index is 12.7. The van der Waals surface area contributed by atoms with Crippen molar-refractivity contribution < 1.29 is 4.79 Å². The standard InChI is InChI=1S/C20H25ClN4O/c1-12-9-13(2)18(16(21)10-12)25-19(26)17-11-14(3)22-20(24-17)23-15-7-5-4-6-8-15/h9-11,15H,4-8H2,1-3H3,(H,25,26)(H,22,23,24). The summed E-state index contributed by atoms with van der Waals surface area (Å²) in [7, 11) is 0. The highest BCUT2D eigenvalue weighted by molar-refractivity contribution is 6.34. The summed E-state index contributed by atoms with van der Waals surface area (Å²) >= 11 is 6.30. The molecule has 1 amide bonds. The zero-order valence-corrected chi connectivity index (χ0v) is 16.3. The zero-order chi connectivity index (χ0) is 18.7. The summed E-state index contributed by atoms with van der Waals surface area (Å²) in [4.78, 5) is 21.6. The molecule has 0 bridgehead atoms. The number of rotatable bonds is 4. The number of amides is 1. The van der Waals surface area contributed by atoms with Crippen LogP contribution in [0.3, 0.4) is 0 Å². The van der Waals surface area contributed by atoms with Crippen molar-refractivity contribution in [3.8, 4) is 0 Å². The molecule has 0 saturated heterocycles. The van der Waals surface area contributed by atoms with Crippen LogP contribution in [0.4, 0.5) is 11.6 Å². The zero-order valence-electron chi connectivity index (χ0n) is 15.5. The molecule has 0 aliphatic heterocycles. The highest BCUT2D eigenvalue weighted by atomic mass is 35.5. The second-order valence-electron chi connectivity index (χ2n) is 7.09. The van der Waals surface area contributed by atoms with Crippen molar-refractivity contribution in [3.63, 3.8) is 0 Å². The molecule has 0 atom stereocenters. The van der Waals surface area contributed by atoms with Crippen molar-refractivity contribution >= 4 is 29.1 Å². The van der Waals surface area contributed by atoms with Crippen LogP contribution < -0.4 is 10.6 Å². The fraction of sp³-hybridized carbons (Fsp3) is 0.450. The number of aromatic nitrogens is 2. The van der Waals surface area contributed by atoms with E-state index in [1.807, 2.05) is 32.9 Å². The maximum Gasteiger partial charge on any atom is 0.274 e. The number of nitrogens with zero attached hydrogens (tertiary/aromatic N) is 2. The summed E-state index contributed by atoms with van der Waals surface area (Å²) in [6, 6.07) is 5.91. The second kappa shape index (κ2) is 8.04. The molecular formula is C20H25ClN4O. The third-order valence-corrected chi connectivity index (χ3v) is 4.99. The molecule has 0 unspecified atom stereocenters. The van der Waals surface area contributed by atoms with E-state index >= 15 is 0 Å². The average molecular weight is 373 g/mol. The lowest BCUT2D eigenvalue weighted by molar-refractivity contribution is 0.102. The average Bonchev–Trinajstić information content (AvgIpc) is 2.58. The lowest BCUT2D eigenvalue weighted by Crippen LogP contribution is -2.24. The number of benzene rings is 1. The van der Waals surface area contributed by atoms with Crippen LogP contribution in [0.1, 0.15) is 59.4 Å². The van der Waals surface area contributed by atoms with E-state index in [2.05, 4.69) is 20.6 Å². The molecule has 0 spiro atoms. The Hall–Kier alpha value is -2.14. The summed E-state index contributed by atoms with van der Waals surface area (Å²) < 4.78 is 0. The molecule has 1 aliphatic carbocycles. The molecule has 0 radical (unpaired) electrons. The topological polar surface area (TPSA) is 66.9 Å². The van der Waals surface area contributed by atoms with E-state index in [9.17, 15) is 4.79 Å². The number of anilines is 2. The molecule has 1 aromatic carbocycles. The molecule has 1 saturated carbocycles. The molecule has 5 nitrogen and oxygen atoms in total. The van der Waals surface area contributed by atoms with Gasteiger partial charge < -0.3 is 10.6 Å². The fourth-order valence-electron chi connectivity index (χ4n) is 3.43. The molecule has 1 heterocycles. The van der Waals surface area contributed by atoms with Gasteiger partial charge in [0.2, 0.25) is 5.95 Å². The third kappa shape index (κ3) is 4.52. The van der Waals surface area contributed by atoms with E-state index in [0.717, 1.165) is 29.7 Å². The highest BCUT2D eigenvalue weighted by Crippen LogP contribution is 2.28. The van der Waals surface area contributed by atoms with Crippen LogP contribution in [0.25, 0.3) is 0 Å². The van der Waals surface area contributed by atoms with Gasteiger partial charge in [-0.15, -0.1) is 0 Å². The number of hydrogen-bond donors (Lipinski definition) is 2.